The van der Waals surface area contributed by atoms with Crippen molar-refractivity contribution >= 4 is 5.97 Å². The molecule has 0 bridgehead atoms. The normalized spacial score (nSPS) is 10.3. The SMILES string of the molecule is O=C(O)Cc1ccc(-c2ccc(F)cc2)c(F)c1. The number of benzene rings is 2. The summed E-state index contributed by atoms with van der Waals surface area (Å²) in [5.74, 6) is -1.91. The van der Waals surface area contributed by atoms with E-state index in [0.717, 1.165) is 0 Å². The van der Waals surface area contributed by atoms with Crippen LogP contribution in [0, 0.1) is 11.6 Å². The van der Waals surface area contributed by atoms with Gasteiger partial charge in [0.15, 0.2) is 0 Å². The van der Waals surface area contributed by atoms with Crippen LogP contribution in [0.15, 0.2) is 42.5 Å². The zero-order valence-electron chi connectivity index (χ0n) is 9.36. The average Bonchev–Trinajstić information content (AvgIpc) is 2.30. The molecular weight excluding hydrogens is 238 g/mol. The zero-order chi connectivity index (χ0) is 13.1. The van der Waals surface area contributed by atoms with E-state index in [1.54, 1.807) is 6.07 Å². The summed E-state index contributed by atoms with van der Waals surface area (Å²) in [5.41, 5.74) is 1.27. The molecule has 0 unspecified atom stereocenters. The summed E-state index contributed by atoms with van der Waals surface area (Å²) in [7, 11) is 0. The molecule has 18 heavy (non-hydrogen) atoms. The molecule has 2 rings (SSSR count). The number of aliphatic carboxylic acids is 1. The van der Waals surface area contributed by atoms with Gasteiger partial charge in [0, 0.05) is 5.56 Å². The zero-order valence-corrected chi connectivity index (χ0v) is 9.36. The highest BCUT2D eigenvalue weighted by atomic mass is 19.1. The highest BCUT2D eigenvalue weighted by Crippen LogP contribution is 2.24. The number of hydrogen-bond donors (Lipinski definition) is 1. The fourth-order valence-corrected chi connectivity index (χ4v) is 1.71. The lowest BCUT2D eigenvalue weighted by molar-refractivity contribution is -0.136. The summed E-state index contributed by atoms with van der Waals surface area (Å²) in [5, 5.41) is 8.61. The molecule has 0 aliphatic carbocycles. The molecule has 1 N–H and O–H groups in total. The first kappa shape index (κ1) is 12.2. The maximum absolute atomic E-state index is 13.8. The van der Waals surface area contributed by atoms with E-state index in [2.05, 4.69) is 0 Å². The Morgan fingerprint density at radius 3 is 2.28 bits per heavy atom. The minimum absolute atomic E-state index is 0.222. The Hall–Kier alpha value is -2.23. The predicted octanol–water partition coefficient (Wildman–Crippen LogP) is 3.26. The van der Waals surface area contributed by atoms with Crippen LogP contribution in [0.1, 0.15) is 5.56 Å². The summed E-state index contributed by atoms with van der Waals surface area (Å²) < 4.78 is 26.6. The Kier molecular flexibility index (Phi) is 3.37. The van der Waals surface area contributed by atoms with Gasteiger partial charge in [-0.3, -0.25) is 4.79 Å². The van der Waals surface area contributed by atoms with Crippen molar-refractivity contribution in [3.8, 4) is 11.1 Å². The van der Waals surface area contributed by atoms with Crippen molar-refractivity contribution in [1.29, 1.82) is 0 Å². The van der Waals surface area contributed by atoms with Gasteiger partial charge in [-0.05, 0) is 29.3 Å². The van der Waals surface area contributed by atoms with Gasteiger partial charge in [-0.2, -0.15) is 0 Å². The number of carboxylic acid groups (broad SMARTS) is 1. The van der Waals surface area contributed by atoms with Crippen molar-refractivity contribution in [3.05, 3.63) is 59.7 Å². The van der Waals surface area contributed by atoms with Crippen LogP contribution in [0.4, 0.5) is 8.78 Å². The van der Waals surface area contributed by atoms with Crippen molar-refractivity contribution < 1.29 is 18.7 Å². The number of hydrogen-bond acceptors (Lipinski definition) is 1. The van der Waals surface area contributed by atoms with Gasteiger partial charge in [0.1, 0.15) is 11.6 Å². The Balaban J connectivity index is 2.35. The lowest BCUT2D eigenvalue weighted by atomic mass is 10.0. The Bertz CT molecular complexity index is 577. The standard InChI is InChI=1S/C14H10F2O2/c15-11-4-2-10(3-5-11)12-6-1-9(7-13(12)16)8-14(17)18/h1-7H,8H2,(H,17,18). The highest BCUT2D eigenvalue weighted by Gasteiger charge is 2.08. The third-order valence-corrected chi connectivity index (χ3v) is 2.54. The van der Waals surface area contributed by atoms with E-state index < -0.39 is 11.8 Å². The fraction of sp³-hybridized carbons (Fsp3) is 0.0714. The second-order valence-electron chi connectivity index (χ2n) is 3.89. The minimum atomic E-state index is -1.01. The van der Waals surface area contributed by atoms with Gasteiger partial charge in [0.05, 0.1) is 6.42 Å². The van der Waals surface area contributed by atoms with Crippen molar-refractivity contribution in [1.82, 2.24) is 0 Å². The lowest BCUT2D eigenvalue weighted by Gasteiger charge is -2.05. The summed E-state index contributed by atoms with van der Waals surface area (Å²) in [6.45, 7) is 0. The molecular formula is C14H10F2O2. The van der Waals surface area contributed by atoms with Crippen LogP contribution in [0.25, 0.3) is 11.1 Å². The molecule has 2 aromatic rings. The van der Waals surface area contributed by atoms with Gasteiger partial charge in [0.25, 0.3) is 0 Å². The molecule has 0 saturated heterocycles. The van der Waals surface area contributed by atoms with Crippen LogP contribution in [-0.2, 0) is 11.2 Å². The van der Waals surface area contributed by atoms with E-state index in [9.17, 15) is 13.6 Å². The fourth-order valence-electron chi connectivity index (χ4n) is 1.71. The molecule has 0 heterocycles. The van der Waals surface area contributed by atoms with Crippen LogP contribution >= 0.6 is 0 Å². The summed E-state index contributed by atoms with van der Waals surface area (Å²) in [4.78, 5) is 10.5. The smallest absolute Gasteiger partial charge is 0.307 e. The molecule has 0 radical (unpaired) electrons. The van der Waals surface area contributed by atoms with E-state index in [0.29, 0.717) is 16.7 Å². The minimum Gasteiger partial charge on any atom is -0.481 e. The van der Waals surface area contributed by atoms with Crippen LogP contribution in [0.3, 0.4) is 0 Å². The molecule has 0 saturated carbocycles. The summed E-state index contributed by atoms with van der Waals surface area (Å²) >= 11 is 0. The molecule has 0 atom stereocenters. The number of rotatable bonds is 3. The second-order valence-corrected chi connectivity index (χ2v) is 3.89. The van der Waals surface area contributed by atoms with Crippen LogP contribution in [-0.4, -0.2) is 11.1 Å². The average molecular weight is 248 g/mol. The molecule has 0 aromatic heterocycles. The van der Waals surface area contributed by atoms with Crippen LogP contribution in [0.2, 0.25) is 0 Å². The van der Waals surface area contributed by atoms with Gasteiger partial charge in [-0.1, -0.05) is 24.3 Å². The van der Waals surface area contributed by atoms with Crippen LogP contribution < -0.4 is 0 Å². The molecule has 0 aliphatic heterocycles. The first-order valence-electron chi connectivity index (χ1n) is 5.32. The topological polar surface area (TPSA) is 37.3 Å². The summed E-state index contributed by atoms with van der Waals surface area (Å²) in [6, 6.07) is 9.69. The maximum atomic E-state index is 13.8. The molecule has 2 aromatic carbocycles. The molecule has 2 nitrogen and oxygen atoms in total. The van der Waals surface area contributed by atoms with Crippen molar-refractivity contribution in [2.24, 2.45) is 0 Å². The maximum Gasteiger partial charge on any atom is 0.307 e. The molecule has 0 amide bonds. The van der Waals surface area contributed by atoms with Crippen LogP contribution in [0.5, 0.6) is 0 Å². The number of carbonyl (C=O) groups is 1. The highest BCUT2D eigenvalue weighted by molar-refractivity contribution is 5.71. The monoisotopic (exact) mass is 248 g/mol. The molecule has 92 valence electrons. The van der Waals surface area contributed by atoms with Crippen molar-refractivity contribution in [2.45, 2.75) is 6.42 Å². The lowest BCUT2D eigenvalue weighted by Crippen LogP contribution is -2.00. The third kappa shape index (κ3) is 2.71. The number of carboxylic acids is 1. The largest absolute Gasteiger partial charge is 0.481 e. The summed E-state index contributed by atoms with van der Waals surface area (Å²) in [6.07, 6.45) is -0.222. The third-order valence-electron chi connectivity index (χ3n) is 2.54. The van der Waals surface area contributed by atoms with Gasteiger partial charge in [-0.15, -0.1) is 0 Å². The first-order valence-corrected chi connectivity index (χ1v) is 5.32. The van der Waals surface area contributed by atoms with E-state index >= 15 is 0 Å². The van der Waals surface area contributed by atoms with Gasteiger partial charge >= 0.3 is 5.97 Å². The quantitative estimate of drug-likeness (QED) is 0.905. The molecule has 0 aliphatic rings. The Morgan fingerprint density at radius 2 is 1.72 bits per heavy atom. The van der Waals surface area contributed by atoms with Gasteiger partial charge in [0.2, 0.25) is 0 Å². The van der Waals surface area contributed by atoms with E-state index in [1.807, 2.05) is 0 Å². The van der Waals surface area contributed by atoms with E-state index in [1.165, 1.54) is 36.4 Å². The Morgan fingerprint density at radius 1 is 1.06 bits per heavy atom. The molecule has 0 spiro atoms. The second kappa shape index (κ2) is 4.96. The molecule has 0 fully saturated rings. The van der Waals surface area contributed by atoms with E-state index in [4.69, 9.17) is 5.11 Å². The molecule has 4 heteroatoms. The first-order chi connectivity index (χ1) is 8.56. The van der Waals surface area contributed by atoms with Crippen molar-refractivity contribution in [3.63, 3.8) is 0 Å². The Labute approximate surface area is 103 Å². The van der Waals surface area contributed by atoms with Gasteiger partial charge < -0.3 is 5.11 Å². The van der Waals surface area contributed by atoms with Gasteiger partial charge in [-0.25, -0.2) is 8.78 Å². The van der Waals surface area contributed by atoms with E-state index in [-0.39, 0.29) is 12.2 Å². The van der Waals surface area contributed by atoms with Crippen molar-refractivity contribution in [2.75, 3.05) is 0 Å². The number of halogens is 2. The predicted molar refractivity (Wildman–Crippen MR) is 63.1 cm³/mol.